The van der Waals surface area contributed by atoms with Crippen LogP contribution in [0.1, 0.15) is 11.3 Å². The van der Waals surface area contributed by atoms with Gasteiger partial charge in [0, 0.05) is 25.0 Å². The third kappa shape index (κ3) is 3.92. The smallest absolute Gasteiger partial charge is 0.387 e. The van der Waals surface area contributed by atoms with Gasteiger partial charge in [-0.05, 0) is 17.7 Å². The molecule has 1 aromatic heterocycles. The van der Waals surface area contributed by atoms with E-state index in [-0.39, 0.29) is 11.5 Å². The van der Waals surface area contributed by atoms with E-state index in [1.54, 1.807) is 24.7 Å². The number of nitrogens with zero attached hydrogens (tertiary/aromatic N) is 1. The first kappa shape index (κ1) is 14.3. The number of aromatic nitrogens is 2. The van der Waals surface area contributed by atoms with Crippen LogP contribution < -0.4 is 14.8 Å². The topological polar surface area (TPSA) is 59.2 Å². The molecule has 0 spiro atoms. The van der Waals surface area contributed by atoms with Crippen LogP contribution >= 0.6 is 0 Å². The Kier molecular flexibility index (Phi) is 4.89. The number of halogens is 2. The van der Waals surface area contributed by atoms with E-state index in [0.29, 0.717) is 13.1 Å². The number of aromatic amines is 1. The molecule has 0 bridgehead atoms. The predicted octanol–water partition coefficient (Wildman–Crippen LogP) is 2.31. The maximum Gasteiger partial charge on any atom is 0.387 e. The van der Waals surface area contributed by atoms with Crippen LogP contribution in [0.5, 0.6) is 11.5 Å². The summed E-state index contributed by atoms with van der Waals surface area (Å²) in [4.78, 5) is 6.86. The van der Waals surface area contributed by atoms with E-state index in [1.807, 2.05) is 0 Å². The van der Waals surface area contributed by atoms with E-state index in [1.165, 1.54) is 13.2 Å². The van der Waals surface area contributed by atoms with Gasteiger partial charge in [-0.25, -0.2) is 4.98 Å². The minimum atomic E-state index is -2.88. The highest BCUT2D eigenvalue weighted by Crippen LogP contribution is 2.29. The Balaban J connectivity index is 1.97. The summed E-state index contributed by atoms with van der Waals surface area (Å²) in [5, 5.41) is 3.17. The van der Waals surface area contributed by atoms with Crippen molar-refractivity contribution in [2.45, 2.75) is 19.7 Å². The molecule has 0 saturated carbocycles. The van der Waals surface area contributed by atoms with Crippen LogP contribution in [0.25, 0.3) is 0 Å². The van der Waals surface area contributed by atoms with Crippen LogP contribution in [0.4, 0.5) is 8.78 Å². The SMILES string of the molecule is COc1ccc(CNCc2cnc[nH]2)cc1OC(F)F. The number of ether oxygens (including phenoxy) is 2. The summed E-state index contributed by atoms with van der Waals surface area (Å²) in [6, 6.07) is 4.92. The van der Waals surface area contributed by atoms with Gasteiger partial charge in [-0.2, -0.15) is 8.78 Å². The van der Waals surface area contributed by atoms with Crippen molar-refractivity contribution in [1.29, 1.82) is 0 Å². The summed E-state index contributed by atoms with van der Waals surface area (Å²) in [7, 11) is 1.41. The van der Waals surface area contributed by atoms with E-state index >= 15 is 0 Å². The highest BCUT2D eigenvalue weighted by Gasteiger charge is 2.11. The maximum atomic E-state index is 12.3. The molecule has 20 heavy (non-hydrogen) atoms. The number of methoxy groups -OCH3 is 1. The number of alkyl halides is 2. The van der Waals surface area contributed by atoms with Crippen molar-refractivity contribution in [1.82, 2.24) is 15.3 Å². The molecule has 2 N–H and O–H groups in total. The lowest BCUT2D eigenvalue weighted by Crippen LogP contribution is -2.13. The molecule has 0 radical (unpaired) electrons. The van der Waals surface area contributed by atoms with Gasteiger partial charge < -0.3 is 19.8 Å². The number of hydrogen-bond donors (Lipinski definition) is 2. The quantitative estimate of drug-likeness (QED) is 0.818. The zero-order chi connectivity index (χ0) is 14.4. The maximum absolute atomic E-state index is 12.3. The van der Waals surface area contributed by atoms with Crippen LogP contribution in [-0.4, -0.2) is 23.7 Å². The average molecular weight is 283 g/mol. The number of rotatable bonds is 7. The minimum absolute atomic E-state index is 0.0309. The summed E-state index contributed by atoms with van der Waals surface area (Å²) in [5.74, 6) is 0.311. The molecule has 1 heterocycles. The zero-order valence-electron chi connectivity index (χ0n) is 10.9. The van der Waals surface area contributed by atoms with Crippen molar-refractivity contribution < 1.29 is 18.3 Å². The van der Waals surface area contributed by atoms with Crippen molar-refractivity contribution in [3.63, 3.8) is 0 Å². The van der Waals surface area contributed by atoms with E-state index in [4.69, 9.17) is 4.74 Å². The van der Waals surface area contributed by atoms with Crippen LogP contribution in [0.15, 0.2) is 30.7 Å². The summed E-state index contributed by atoms with van der Waals surface area (Å²) >= 11 is 0. The Morgan fingerprint density at radius 1 is 1.30 bits per heavy atom. The predicted molar refractivity (Wildman–Crippen MR) is 68.8 cm³/mol. The van der Waals surface area contributed by atoms with Crippen LogP contribution in [-0.2, 0) is 13.1 Å². The lowest BCUT2D eigenvalue weighted by molar-refractivity contribution is -0.0512. The van der Waals surface area contributed by atoms with E-state index < -0.39 is 6.61 Å². The van der Waals surface area contributed by atoms with Crippen molar-refractivity contribution in [2.24, 2.45) is 0 Å². The third-order valence-corrected chi connectivity index (χ3v) is 2.64. The molecule has 0 aliphatic carbocycles. The highest BCUT2D eigenvalue weighted by atomic mass is 19.3. The van der Waals surface area contributed by atoms with Gasteiger partial charge in [0.25, 0.3) is 0 Å². The van der Waals surface area contributed by atoms with Gasteiger partial charge in [0.1, 0.15) is 0 Å². The molecular weight excluding hydrogens is 268 g/mol. The molecule has 0 amide bonds. The molecule has 108 valence electrons. The molecule has 2 aromatic rings. The first-order valence-corrected chi connectivity index (χ1v) is 5.98. The zero-order valence-corrected chi connectivity index (χ0v) is 10.9. The first-order chi connectivity index (χ1) is 9.69. The fourth-order valence-electron chi connectivity index (χ4n) is 1.74. The second kappa shape index (κ2) is 6.85. The standard InChI is InChI=1S/C13H15F2N3O2/c1-19-11-3-2-9(4-12(11)20-13(14)15)5-16-6-10-7-17-8-18-10/h2-4,7-8,13,16H,5-6H2,1H3,(H,17,18). The number of hydrogen-bond acceptors (Lipinski definition) is 4. The Bertz CT molecular complexity index is 532. The van der Waals surface area contributed by atoms with Crippen molar-refractivity contribution >= 4 is 0 Å². The summed E-state index contributed by atoms with van der Waals surface area (Å²) in [6.45, 7) is -1.75. The molecule has 1 aromatic carbocycles. The van der Waals surface area contributed by atoms with Gasteiger partial charge in [-0.15, -0.1) is 0 Å². The molecule has 0 saturated heterocycles. The molecular formula is C13H15F2N3O2. The molecule has 0 atom stereocenters. The van der Waals surface area contributed by atoms with E-state index in [0.717, 1.165) is 11.3 Å². The van der Waals surface area contributed by atoms with Crippen molar-refractivity contribution in [2.75, 3.05) is 7.11 Å². The number of nitrogens with one attached hydrogen (secondary N) is 2. The van der Waals surface area contributed by atoms with Gasteiger partial charge in [0.2, 0.25) is 0 Å². The third-order valence-electron chi connectivity index (χ3n) is 2.64. The van der Waals surface area contributed by atoms with Gasteiger partial charge in [0.05, 0.1) is 13.4 Å². The van der Waals surface area contributed by atoms with Gasteiger partial charge in [-0.1, -0.05) is 6.07 Å². The van der Waals surface area contributed by atoms with E-state index in [9.17, 15) is 8.78 Å². The summed E-state index contributed by atoms with van der Waals surface area (Å²) in [5.41, 5.74) is 1.77. The Hall–Kier alpha value is -2.15. The molecule has 0 aliphatic rings. The highest BCUT2D eigenvalue weighted by molar-refractivity contribution is 5.42. The Morgan fingerprint density at radius 2 is 2.15 bits per heavy atom. The second-order valence-electron chi connectivity index (χ2n) is 4.04. The Labute approximate surface area is 114 Å². The molecule has 0 unspecified atom stereocenters. The Morgan fingerprint density at radius 3 is 2.80 bits per heavy atom. The minimum Gasteiger partial charge on any atom is -0.493 e. The average Bonchev–Trinajstić information content (AvgIpc) is 2.91. The van der Waals surface area contributed by atoms with Crippen molar-refractivity contribution in [3.8, 4) is 11.5 Å². The largest absolute Gasteiger partial charge is 0.493 e. The number of imidazole rings is 1. The molecule has 0 aliphatic heterocycles. The normalized spacial score (nSPS) is 10.8. The lowest BCUT2D eigenvalue weighted by atomic mass is 10.2. The van der Waals surface area contributed by atoms with Gasteiger partial charge >= 0.3 is 6.61 Å². The molecule has 0 fully saturated rings. The van der Waals surface area contributed by atoms with Gasteiger partial charge in [0.15, 0.2) is 11.5 Å². The second-order valence-corrected chi connectivity index (χ2v) is 4.04. The van der Waals surface area contributed by atoms with Crippen LogP contribution in [0, 0.1) is 0 Å². The fraction of sp³-hybridized carbons (Fsp3) is 0.308. The molecule has 5 nitrogen and oxygen atoms in total. The number of benzene rings is 1. The monoisotopic (exact) mass is 283 g/mol. The van der Waals surface area contributed by atoms with Crippen LogP contribution in [0.3, 0.4) is 0 Å². The van der Waals surface area contributed by atoms with E-state index in [2.05, 4.69) is 20.0 Å². The number of H-pyrrole nitrogens is 1. The molecule has 2 rings (SSSR count). The molecule has 7 heteroatoms. The van der Waals surface area contributed by atoms with Crippen molar-refractivity contribution in [3.05, 3.63) is 42.0 Å². The van der Waals surface area contributed by atoms with Gasteiger partial charge in [-0.3, -0.25) is 0 Å². The van der Waals surface area contributed by atoms with Crippen LogP contribution in [0.2, 0.25) is 0 Å². The lowest BCUT2D eigenvalue weighted by Gasteiger charge is -2.11. The first-order valence-electron chi connectivity index (χ1n) is 5.98. The summed E-state index contributed by atoms with van der Waals surface area (Å²) < 4.78 is 34.0. The summed E-state index contributed by atoms with van der Waals surface area (Å²) in [6.07, 6.45) is 3.31. The fourth-order valence-corrected chi connectivity index (χ4v) is 1.74.